The van der Waals surface area contributed by atoms with E-state index in [2.05, 4.69) is 82.9 Å². The predicted molar refractivity (Wildman–Crippen MR) is 176 cm³/mol. The van der Waals surface area contributed by atoms with Crippen LogP contribution in [-0.2, 0) is 17.8 Å². The lowest BCUT2D eigenvalue weighted by atomic mass is 9.87. The molecule has 2 atom stereocenters. The van der Waals surface area contributed by atoms with Crippen LogP contribution in [0.15, 0.2) is 72.9 Å². The molecular weight excluding hydrogens is 534 g/mol. The number of carbonyl (C=O) groups is 2. The van der Waals surface area contributed by atoms with Crippen molar-refractivity contribution in [3.05, 3.63) is 101 Å². The molecule has 2 unspecified atom stereocenters. The Balaban J connectivity index is 1.37. The van der Waals surface area contributed by atoms with E-state index in [4.69, 9.17) is 0 Å². The molecule has 5 rings (SSSR count). The van der Waals surface area contributed by atoms with Crippen molar-refractivity contribution >= 4 is 28.5 Å². The van der Waals surface area contributed by atoms with E-state index in [1.54, 1.807) is 0 Å². The molecule has 1 aromatic heterocycles. The summed E-state index contributed by atoms with van der Waals surface area (Å²) >= 11 is 0. The Labute approximate surface area is 255 Å². The number of benzene rings is 3. The van der Waals surface area contributed by atoms with Crippen molar-refractivity contribution in [2.24, 2.45) is 0 Å². The summed E-state index contributed by atoms with van der Waals surface area (Å²) in [5.41, 5.74) is 7.69. The minimum Gasteiger partial charge on any atom is -0.361 e. The van der Waals surface area contributed by atoms with Gasteiger partial charge in [0.25, 0.3) is 0 Å². The number of para-hydroxylation sites is 1. The molecule has 226 valence electrons. The number of H-pyrrole nitrogens is 1. The summed E-state index contributed by atoms with van der Waals surface area (Å²) in [6.45, 7) is 8.36. The number of aromatic nitrogens is 1. The number of carbonyl (C=O) groups excluding carboxylic acids is 2. The fourth-order valence-electron chi connectivity index (χ4n) is 6.45. The van der Waals surface area contributed by atoms with Gasteiger partial charge in [-0.25, -0.2) is 4.79 Å². The van der Waals surface area contributed by atoms with Crippen molar-refractivity contribution in [2.75, 3.05) is 32.5 Å². The SMILES string of the molecule is CCc1ccc(CN(C)C)cc1NC(=O)C(NC(=O)N1CCC(c2ccccc2C)CC1)C(C)c1c[nH]c2ccccc12. The zero-order valence-corrected chi connectivity index (χ0v) is 26.1. The van der Waals surface area contributed by atoms with Crippen molar-refractivity contribution in [1.29, 1.82) is 0 Å². The lowest BCUT2D eigenvalue weighted by Crippen LogP contribution is -2.53. The van der Waals surface area contributed by atoms with Gasteiger partial charge in [0.15, 0.2) is 0 Å². The second-order valence-electron chi connectivity index (χ2n) is 12.2. The third kappa shape index (κ3) is 6.94. The van der Waals surface area contributed by atoms with Gasteiger partial charge in [-0.1, -0.05) is 68.4 Å². The van der Waals surface area contributed by atoms with E-state index < -0.39 is 6.04 Å². The van der Waals surface area contributed by atoms with Crippen LogP contribution in [0, 0.1) is 6.92 Å². The van der Waals surface area contributed by atoms with Crippen molar-refractivity contribution in [3.63, 3.8) is 0 Å². The molecule has 0 aliphatic carbocycles. The molecule has 0 saturated carbocycles. The fraction of sp³-hybridized carbons (Fsp3) is 0.389. The Kier molecular flexibility index (Phi) is 9.51. The molecule has 1 aliphatic rings. The third-order valence-electron chi connectivity index (χ3n) is 8.90. The number of hydrogen-bond donors (Lipinski definition) is 3. The molecule has 3 amide bonds. The van der Waals surface area contributed by atoms with Crippen molar-refractivity contribution < 1.29 is 9.59 Å². The number of anilines is 1. The van der Waals surface area contributed by atoms with E-state index >= 15 is 0 Å². The summed E-state index contributed by atoms with van der Waals surface area (Å²) in [5, 5.41) is 7.43. The molecule has 1 fully saturated rings. The average molecular weight is 580 g/mol. The van der Waals surface area contributed by atoms with Gasteiger partial charge in [0.2, 0.25) is 5.91 Å². The van der Waals surface area contributed by atoms with Crippen LogP contribution in [0.3, 0.4) is 0 Å². The zero-order chi connectivity index (χ0) is 30.5. The standard InChI is InChI=1S/C36H45N5O2/c1-6-27-16-15-26(23-40(4)5)21-33(27)38-35(42)34(25(3)31-22-37-32-14-10-9-13-30(31)32)39-36(43)41-19-17-28(18-20-41)29-12-8-7-11-24(29)2/h7-16,21-22,25,28,34,37H,6,17-20,23H2,1-5H3,(H,38,42)(H,39,43). The van der Waals surface area contributed by atoms with Crippen LogP contribution in [0.2, 0.25) is 0 Å². The highest BCUT2D eigenvalue weighted by Crippen LogP contribution is 2.32. The van der Waals surface area contributed by atoms with E-state index in [1.165, 1.54) is 11.1 Å². The molecule has 3 N–H and O–H groups in total. The highest BCUT2D eigenvalue weighted by atomic mass is 16.2. The number of rotatable bonds is 9. The van der Waals surface area contributed by atoms with Gasteiger partial charge in [-0.15, -0.1) is 0 Å². The molecule has 7 heteroatoms. The zero-order valence-electron chi connectivity index (χ0n) is 26.1. The van der Waals surface area contributed by atoms with Crippen LogP contribution in [0.4, 0.5) is 10.5 Å². The summed E-state index contributed by atoms with van der Waals surface area (Å²) < 4.78 is 0. The minimum absolute atomic E-state index is 0.188. The first kappa shape index (κ1) is 30.4. The van der Waals surface area contributed by atoms with E-state index in [1.807, 2.05) is 50.3 Å². The van der Waals surface area contributed by atoms with E-state index in [9.17, 15) is 9.59 Å². The Morgan fingerprint density at radius 3 is 2.47 bits per heavy atom. The number of urea groups is 1. The summed E-state index contributed by atoms with van der Waals surface area (Å²) in [7, 11) is 4.06. The number of likely N-dealkylation sites (tertiary alicyclic amines) is 1. The Morgan fingerprint density at radius 2 is 1.74 bits per heavy atom. The predicted octanol–water partition coefficient (Wildman–Crippen LogP) is 6.80. The molecule has 3 aromatic carbocycles. The van der Waals surface area contributed by atoms with Crippen LogP contribution in [-0.4, -0.2) is 59.9 Å². The van der Waals surface area contributed by atoms with Crippen LogP contribution < -0.4 is 10.6 Å². The number of nitrogens with zero attached hydrogens (tertiary/aromatic N) is 2. The van der Waals surface area contributed by atoms with E-state index in [0.29, 0.717) is 19.0 Å². The molecule has 1 saturated heterocycles. The summed E-state index contributed by atoms with van der Waals surface area (Å²) in [5.74, 6) is -0.0336. The number of nitrogens with one attached hydrogen (secondary N) is 3. The van der Waals surface area contributed by atoms with Crippen molar-refractivity contribution in [3.8, 4) is 0 Å². The Morgan fingerprint density at radius 1 is 1.02 bits per heavy atom. The van der Waals surface area contributed by atoms with Crippen LogP contribution >= 0.6 is 0 Å². The summed E-state index contributed by atoms with van der Waals surface area (Å²) in [4.78, 5) is 35.2. The maximum atomic E-state index is 14.1. The summed E-state index contributed by atoms with van der Waals surface area (Å²) in [6.07, 6.45) is 4.57. The van der Waals surface area contributed by atoms with Crippen molar-refractivity contribution in [2.45, 2.75) is 64.5 Å². The van der Waals surface area contributed by atoms with Gasteiger partial charge in [-0.2, -0.15) is 0 Å². The van der Waals surface area contributed by atoms with Gasteiger partial charge in [-0.05, 0) is 86.1 Å². The number of hydrogen-bond acceptors (Lipinski definition) is 3. The summed E-state index contributed by atoms with van der Waals surface area (Å²) in [6, 6.07) is 21.9. The molecule has 0 bridgehead atoms. The van der Waals surface area contributed by atoms with Gasteiger partial charge in [0.1, 0.15) is 6.04 Å². The highest BCUT2D eigenvalue weighted by molar-refractivity contribution is 5.99. The second kappa shape index (κ2) is 13.5. The van der Waals surface area contributed by atoms with E-state index in [-0.39, 0.29) is 17.9 Å². The second-order valence-corrected chi connectivity index (χ2v) is 12.2. The number of amides is 3. The smallest absolute Gasteiger partial charge is 0.318 e. The lowest BCUT2D eigenvalue weighted by Gasteiger charge is -2.34. The van der Waals surface area contributed by atoms with Gasteiger partial charge in [-0.3, -0.25) is 4.79 Å². The van der Waals surface area contributed by atoms with Crippen LogP contribution in [0.1, 0.15) is 66.3 Å². The Hall–Kier alpha value is -4.10. The average Bonchev–Trinajstić information content (AvgIpc) is 3.44. The fourth-order valence-corrected chi connectivity index (χ4v) is 6.45. The number of aryl methyl sites for hydroxylation is 2. The molecule has 0 radical (unpaired) electrons. The largest absolute Gasteiger partial charge is 0.361 e. The first-order valence-corrected chi connectivity index (χ1v) is 15.5. The molecule has 7 nitrogen and oxygen atoms in total. The topological polar surface area (TPSA) is 80.5 Å². The third-order valence-corrected chi connectivity index (χ3v) is 8.90. The quantitative estimate of drug-likeness (QED) is 0.204. The van der Waals surface area contributed by atoms with Gasteiger partial charge in [0, 0.05) is 48.3 Å². The molecule has 0 spiro atoms. The number of aromatic amines is 1. The maximum absolute atomic E-state index is 14.1. The molecule has 1 aliphatic heterocycles. The number of fused-ring (bicyclic) bond motifs is 1. The van der Waals surface area contributed by atoms with Crippen molar-refractivity contribution in [1.82, 2.24) is 20.1 Å². The number of piperidine rings is 1. The Bertz CT molecular complexity index is 1570. The van der Waals surface area contributed by atoms with Gasteiger partial charge < -0.3 is 25.4 Å². The first-order valence-electron chi connectivity index (χ1n) is 15.5. The minimum atomic E-state index is -0.761. The highest BCUT2D eigenvalue weighted by Gasteiger charge is 2.33. The normalized spacial score (nSPS) is 15.4. The molecule has 43 heavy (non-hydrogen) atoms. The first-order chi connectivity index (χ1) is 20.7. The molecular formula is C36H45N5O2. The van der Waals surface area contributed by atoms with Gasteiger partial charge >= 0.3 is 6.03 Å². The van der Waals surface area contributed by atoms with Crippen LogP contribution in [0.25, 0.3) is 10.9 Å². The van der Waals surface area contributed by atoms with Crippen LogP contribution in [0.5, 0.6) is 0 Å². The van der Waals surface area contributed by atoms with Gasteiger partial charge in [0.05, 0.1) is 0 Å². The van der Waals surface area contributed by atoms with E-state index in [0.717, 1.165) is 59.1 Å². The lowest BCUT2D eigenvalue weighted by molar-refractivity contribution is -0.118. The monoisotopic (exact) mass is 579 g/mol. The molecule has 2 heterocycles. The molecule has 4 aromatic rings. The maximum Gasteiger partial charge on any atom is 0.318 e.